The maximum atomic E-state index is 11.5. The van der Waals surface area contributed by atoms with Gasteiger partial charge in [-0.05, 0) is 20.3 Å². The minimum atomic E-state index is 0.0954. The summed E-state index contributed by atoms with van der Waals surface area (Å²) >= 11 is 0. The van der Waals surface area contributed by atoms with E-state index in [0.29, 0.717) is 0 Å². The summed E-state index contributed by atoms with van der Waals surface area (Å²) in [5.74, 6) is 0.0954. The quantitative estimate of drug-likeness (QED) is 0.615. The van der Waals surface area contributed by atoms with E-state index in [1.54, 1.807) is 0 Å². The van der Waals surface area contributed by atoms with Gasteiger partial charge < -0.3 is 9.64 Å². The van der Waals surface area contributed by atoms with Crippen LogP contribution in [0, 0.1) is 0 Å². The Morgan fingerprint density at radius 2 is 2.31 bits per heavy atom. The third-order valence-corrected chi connectivity index (χ3v) is 1.95. The number of hydrogen-bond acceptors (Lipinski definition) is 2. The molecule has 0 unspecified atom stereocenters. The van der Waals surface area contributed by atoms with Crippen molar-refractivity contribution in [3.05, 3.63) is 12.2 Å². The van der Waals surface area contributed by atoms with Crippen molar-refractivity contribution < 1.29 is 9.53 Å². The van der Waals surface area contributed by atoms with Gasteiger partial charge in [-0.1, -0.05) is 12.2 Å². The molecular weight excluding hydrogens is 166 g/mol. The van der Waals surface area contributed by atoms with Crippen molar-refractivity contribution in [1.29, 1.82) is 0 Å². The van der Waals surface area contributed by atoms with E-state index < -0.39 is 0 Å². The van der Waals surface area contributed by atoms with Crippen molar-refractivity contribution >= 4 is 5.91 Å². The fourth-order valence-corrected chi connectivity index (χ4v) is 1.20. The molecular formula is C10H17NO2. The third-order valence-electron chi connectivity index (χ3n) is 1.95. The first-order chi connectivity index (χ1) is 6.20. The molecule has 0 aromatic carbocycles. The van der Waals surface area contributed by atoms with Gasteiger partial charge >= 0.3 is 0 Å². The summed E-state index contributed by atoms with van der Waals surface area (Å²) in [4.78, 5) is 13.3. The van der Waals surface area contributed by atoms with Gasteiger partial charge in [-0.3, -0.25) is 4.79 Å². The molecule has 0 radical (unpaired) electrons. The van der Waals surface area contributed by atoms with Crippen LogP contribution >= 0.6 is 0 Å². The first kappa shape index (κ1) is 10.3. The Morgan fingerprint density at radius 1 is 1.54 bits per heavy atom. The van der Waals surface area contributed by atoms with Gasteiger partial charge in [0, 0.05) is 13.1 Å². The van der Waals surface area contributed by atoms with E-state index in [0.717, 1.165) is 19.5 Å². The van der Waals surface area contributed by atoms with Crippen LogP contribution in [-0.2, 0) is 9.53 Å². The van der Waals surface area contributed by atoms with Crippen molar-refractivity contribution in [3.63, 3.8) is 0 Å². The van der Waals surface area contributed by atoms with Crippen LogP contribution in [0.5, 0.6) is 0 Å². The highest BCUT2D eigenvalue weighted by Crippen LogP contribution is 2.02. The van der Waals surface area contributed by atoms with Crippen LogP contribution in [0.15, 0.2) is 12.2 Å². The van der Waals surface area contributed by atoms with Crippen molar-refractivity contribution in [1.82, 2.24) is 4.90 Å². The third kappa shape index (κ3) is 3.59. The fraction of sp³-hybridized carbons (Fsp3) is 0.700. The molecule has 0 spiro atoms. The van der Waals surface area contributed by atoms with Gasteiger partial charge in [-0.2, -0.15) is 0 Å². The Morgan fingerprint density at radius 3 is 2.85 bits per heavy atom. The molecule has 74 valence electrons. The van der Waals surface area contributed by atoms with E-state index in [2.05, 4.69) is 6.08 Å². The predicted molar refractivity (Wildman–Crippen MR) is 51.4 cm³/mol. The molecule has 13 heavy (non-hydrogen) atoms. The van der Waals surface area contributed by atoms with Gasteiger partial charge in [0.1, 0.15) is 6.61 Å². The number of amides is 1. The molecule has 1 amide bonds. The zero-order valence-corrected chi connectivity index (χ0v) is 8.32. The summed E-state index contributed by atoms with van der Waals surface area (Å²) in [5, 5.41) is 0. The van der Waals surface area contributed by atoms with Crippen LogP contribution in [0.4, 0.5) is 0 Å². The smallest absolute Gasteiger partial charge is 0.248 e. The normalized spacial score (nSPS) is 16.7. The zero-order valence-electron chi connectivity index (χ0n) is 8.32. The highest BCUT2D eigenvalue weighted by atomic mass is 16.5. The predicted octanol–water partition coefficient (Wildman–Crippen LogP) is 1.20. The molecule has 0 aliphatic carbocycles. The molecule has 0 N–H and O–H groups in total. The maximum Gasteiger partial charge on any atom is 0.248 e. The molecule has 0 saturated carbocycles. The van der Waals surface area contributed by atoms with Gasteiger partial charge in [-0.25, -0.2) is 0 Å². The summed E-state index contributed by atoms with van der Waals surface area (Å²) in [7, 11) is 0. The molecule has 0 aromatic heterocycles. The second-order valence-electron chi connectivity index (χ2n) is 3.46. The second-order valence-corrected chi connectivity index (χ2v) is 3.46. The Balaban J connectivity index is 2.26. The molecule has 1 heterocycles. The van der Waals surface area contributed by atoms with Crippen molar-refractivity contribution in [2.75, 3.05) is 19.7 Å². The van der Waals surface area contributed by atoms with E-state index in [9.17, 15) is 4.79 Å². The highest BCUT2D eigenvalue weighted by molar-refractivity contribution is 5.77. The topological polar surface area (TPSA) is 29.5 Å². The van der Waals surface area contributed by atoms with E-state index in [4.69, 9.17) is 4.74 Å². The summed E-state index contributed by atoms with van der Waals surface area (Å²) in [6.07, 6.45) is 5.22. The molecule has 0 saturated heterocycles. The zero-order chi connectivity index (χ0) is 9.68. The van der Waals surface area contributed by atoms with Gasteiger partial charge in [0.05, 0.1) is 6.10 Å². The lowest BCUT2D eigenvalue weighted by Gasteiger charge is -2.23. The summed E-state index contributed by atoms with van der Waals surface area (Å²) in [6.45, 7) is 5.65. The average molecular weight is 183 g/mol. The molecule has 3 heteroatoms. The molecule has 1 aliphatic heterocycles. The summed E-state index contributed by atoms with van der Waals surface area (Å²) in [6, 6.07) is 0. The van der Waals surface area contributed by atoms with Crippen LogP contribution in [0.1, 0.15) is 20.3 Å². The SMILES string of the molecule is CC(C)OCC(=O)N1CC=CCC1. The van der Waals surface area contributed by atoms with Gasteiger partial charge in [0.25, 0.3) is 0 Å². The van der Waals surface area contributed by atoms with E-state index in [1.165, 1.54) is 0 Å². The van der Waals surface area contributed by atoms with Crippen LogP contribution in [0.3, 0.4) is 0 Å². The Kier molecular flexibility index (Phi) is 3.96. The first-order valence-corrected chi connectivity index (χ1v) is 4.74. The molecule has 1 aliphatic rings. The number of rotatable bonds is 3. The largest absolute Gasteiger partial charge is 0.369 e. The second kappa shape index (κ2) is 5.02. The minimum Gasteiger partial charge on any atom is -0.369 e. The van der Waals surface area contributed by atoms with Crippen LogP contribution < -0.4 is 0 Å². The Bertz CT molecular complexity index is 199. The average Bonchev–Trinajstić information content (AvgIpc) is 2.15. The molecule has 1 rings (SSSR count). The monoisotopic (exact) mass is 183 g/mol. The number of carbonyl (C=O) groups is 1. The number of carbonyl (C=O) groups excluding carboxylic acids is 1. The minimum absolute atomic E-state index is 0.0954. The summed E-state index contributed by atoms with van der Waals surface area (Å²) < 4.78 is 5.24. The van der Waals surface area contributed by atoms with Crippen LogP contribution in [-0.4, -0.2) is 36.6 Å². The Labute approximate surface area is 79.4 Å². The molecule has 0 atom stereocenters. The lowest BCUT2D eigenvalue weighted by molar-refractivity contribution is -0.137. The standard InChI is InChI=1S/C10H17NO2/c1-9(2)13-8-10(12)11-6-4-3-5-7-11/h3-4,9H,5-8H2,1-2H3. The number of hydrogen-bond donors (Lipinski definition) is 0. The van der Waals surface area contributed by atoms with Crippen molar-refractivity contribution in [3.8, 4) is 0 Å². The van der Waals surface area contributed by atoms with Gasteiger partial charge in [0.15, 0.2) is 0 Å². The number of ether oxygens (including phenoxy) is 1. The van der Waals surface area contributed by atoms with E-state index >= 15 is 0 Å². The lowest BCUT2D eigenvalue weighted by Crippen LogP contribution is -2.36. The van der Waals surface area contributed by atoms with Gasteiger partial charge in [-0.15, -0.1) is 0 Å². The fourth-order valence-electron chi connectivity index (χ4n) is 1.20. The first-order valence-electron chi connectivity index (χ1n) is 4.74. The van der Waals surface area contributed by atoms with Crippen LogP contribution in [0.25, 0.3) is 0 Å². The van der Waals surface area contributed by atoms with E-state index in [1.807, 2.05) is 24.8 Å². The molecule has 3 nitrogen and oxygen atoms in total. The van der Waals surface area contributed by atoms with Gasteiger partial charge in [0.2, 0.25) is 5.91 Å². The molecule has 0 bridgehead atoms. The summed E-state index contributed by atoms with van der Waals surface area (Å²) in [5.41, 5.74) is 0. The Hall–Kier alpha value is -0.830. The highest BCUT2D eigenvalue weighted by Gasteiger charge is 2.13. The van der Waals surface area contributed by atoms with E-state index in [-0.39, 0.29) is 18.6 Å². The number of nitrogens with zero attached hydrogens (tertiary/aromatic N) is 1. The lowest BCUT2D eigenvalue weighted by atomic mass is 10.2. The molecule has 0 aromatic rings. The van der Waals surface area contributed by atoms with Crippen molar-refractivity contribution in [2.24, 2.45) is 0 Å². The van der Waals surface area contributed by atoms with Crippen molar-refractivity contribution in [2.45, 2.75) is 26.4 Å². The van der Waals surface area contributed by atoms with Crippen LogP contribution in [0.2, 0.25) is 0 Å². The molecule has 0 fully saturated rings. The maximum absolute atomic E-state index is 11.5.